The Bertz CT molecular complexity index is 361. The highest BCUT2D eigenvalue weighted by Gasteiger charge is 2.21. The Morgan fingerprint density at radius 1 is 1.46 bits per heavy atom. The molecule has 0 radical (unpaired) electrons. The topological polar surface area (TPSA) is 33.0 Å². The molecule has 1 saturated heterocycles. The maximum Gasteiger partial charge on any atom is 0.0991 e. The van der Waals surface area contributed by atoms with Gasteiger partial charge in [-0.3, -0.25) is 0 Å². The number of nitriles is 1. The first-order chi connectivity index (χ1) is 6.31. The monoisotopic (exact) mass is 173 g/mol. The molecule has 0 aromatic heterocycles. The predicted octanol–water partition coefficient (Wildman–Crippen LogP) is 1.98. The molecule has 0 aliphatic carbocycles. The summed E-state index contributed by atoms with van der Waals surface area (Å²) in [6.07, 6.45) is 0. The van der Waals surface area contributed by atoms with Crippen LogP contribution in [0.3, 0.4) is 0 Å². The van der Waals surface area contributed by atoms with Crippen LogP contribution in [0.15, 0.2) is 18.2 Å². The maximum atomic E-state index is 8.69. The molecule has 1 aromatic rings. The third-order valence-electron chi connectivity index (χ3n) is 2.48. The van der Waals surface area contributed by atoms with Crippen molar-refractivity contribution in [2.24, 2.45) is 0 Å². The molecule has 0 amide bonds. The Kier molecular flexibility index (Phi) is 2.03. The lowest BCUT2D eigenvalue weighted by Crippen LogP contribution is -2.25. The van der Waals surface area contributed by atoms with Crippen LogP contribution in [0, 0.1) is 18.3 Å². The molecule has 1 heterocycles. The van der Waals surface area contributed by atoms with Crippen LogP contribution >= 0.6 is 0 Å². The first-order valence-corrected chi connectivity index (χ1v) is 4.39. The van der Waals surface area contributed by atoms with Gasteiger partial charge in [0, 0.05) is 5.92 Å². The molecule has 13 heavy (non-hydrogen) atoms. The summed E-state index contributed by atoms with van der Waals surface area (Å²) >= 11 is 0. The van der Waals surface area contributed by atoms with E-state index in [2.05, 4.69) is 13.0 Å². The Morgan fingerprint density at radius 3 is 2.69 bits per heavy atom. The van der Waals surface area contributed by atoms with Gasteiger partial charge in [-0.1, -0.05) is 6.07 Å². The molecule has 1 aliphatic rings. The fraction of sp³-hybridized carbons (Fsp3) is 0.364. The molecule has 0 unspecified atom stereocenters. The van der Waals surface area contributed by atoms with E-state index >= 15 is 0 Å². The molecule has 0 N–H and O–H groups in total. The molecule has 0 bridgehead atoms. The lowest BCUT2D eigenvalue weighted by atomic mass is 9.92. The first-order valence-electron chi connectivity index (χ1n) is 4.39. The first kappa shape index (κ1) is 8.28. The minimum absolute atomic E-state index is 0.549. The summed E-state index contributed by atoms with van der Waals surface area (Å²) in [6, 6.07) is 8.00. The standard InChI is InChI=1S/C11H11NO/c1-8-4-9(5-12)2-3-11(8)10-6-13-7-10/h2-4,10H,6-7H2,1H3. The SMILES string of the molecule is Cc1cc(C#N)ccc1C1COC1. The number of hydrogen-bond acceptors (Lipinski definition) is 2. The Morgan fingerprint density at radius 2 is 2.23 bits per heavy atom. The van der Waals surface area contributed by atoms with E-state index in [1.165, 1.54) is 11.1 Å². The largest absolute Gasteiger partial charge is 0.380 e. The normalized spacial score (nSPS) is 16.3. The zero-order valence-corrected chi connectivity index (χ0v) is 7.58. The number of aryl methyl sites for hydroxylation is 1. The van der Waals surface area contributed by atoms with Gasteiger partial charge in [-0.05, 0) is 30.2 Å². The average molecular weight is 173 g/mol. The molecule has 0 atom stereocenters. The van der Waals surface area contributed by atoms with E-state index in [0.29, 0.717) is 5.92 Å². The number of ether oxygens (including phenoxy) is 1. The summed E-state index contributed by atoms with van der Waals surface area (Å²) < 4.78 is 5.14. The minimum Gasteiger partial charge on any atom is -0.380 e. The van der Waals surface area contributed by atoms with Crippen LogP contribution in [-0.4, -0.2) is 13.2 Å². The van der Waals surface area contributed by atoms with Crippen LogP contribution in [0.2, 0.25) is 0 Å². The Labute approximate surface area is 77.8 Å². The van der Waals surface area contributed by atoms with E-state index in [-0.39, 0.29) is 0 Å². The highest BCUT2D eigenvalue weighted by molar-refractivity contribution is 5.39. The zero-order chi connectivity index (χ0) is 9.26. The molecular formula is C11H11NO. The third-order valence-corrected chi connectivity index (χ3v) is 2.48. The van der Waals surface area contributed by atoms with Crippen LogP contribution in [0.4, 0.5) is 0 Å². The Hall–Kier alpha value is -1.33. The second kappa shape index (κ2) is 3.20. The van der Waals surface area contributed by atoms with Crippen molar-refractivity contribution in [3.8, 4) is 6.07 Å². The fourth-order valence-corrected chi connectivity index (χ4v) is 1.62. The lowest BCUT2D eigenvalue weighted by molar-refractivity contribution is 0.00817. The summed E-state index contributed by atoms with van der Waals surface area (Å²) in [5.74, 6) is 0.549. The molecule has 2 nitrogen and oxygen atoms in total. The Balaban J connectivity index is 2.32. The second-order valence-electron chi connectivity index (χ2n) is 3.42. The number of hydrogen-bond donors (Lipinski definition) is 0. The van der Waals surface area contributed by atoms with Crippen molar-refractivity contribution in [2.45, 2.75) is 12.8 Å². The molecule has 1 aromatic carbocycles. The van der Waals surface area contributed by atoms with Gasteiger partial charge in [0.25, 0.3) is 0 Å². The predicted molar refractivity (Wildman–Crippen MR) is 49.5 cm³/mol. The van der Waals surface area contributed by atoms with E-state index in [9.17, 15) is 0 Å². The number of rotatable bonds is 1. The van der Waals surface area contributed by atoms with Crippen molar-refractivity contribution in [3.63, 3.8) is 0 Å². The smallest absolute Gasteiger partial charge is 0.0991 e. The molecular weight excluding hydrogens is 162 g/mol. The van der Waals surface area contributed by atoms with Crippen LogP contribution in [0.1, 0.15) is 22.6 Å². The third kappa shape index (κ3) is 1.43. The molecule has 2 rings (SSSR count). The van der Waals surface area contributed by atoms with Gasteiger partial charge in [-0.25, -0.2) is 0 Å². The minimum atomic E-state index is 0.549. The van der Waals surface area contributed by atoms with Gasteiger partial charge < -0.3 is 4.74 Å². The van der Waals surface area contributed by atoms with Crippen LogP contribution in [-0.2, 0) is 4.74 Å². The van der Waals surface area contributed by atoms with Gasteiger partial charge in [0.2, 0.25) is 0 Å². The molecule has 66 valence electrons. The molecule has 1 aliphatic heterocycles. The van der Waals surface area contributed by atoms with Crippen molar-refractivity contribution in [1.82, 2.24) is 0 Å². The van der Waals surface area contributed by atoms with Gasteiger partial charge in [-0.15, -0.1) is 0 Å². The van der Waals surface area contributed by atoms with Crippen molar-refractivity contribution in [3.05, 3.63) is 34.9 Å². The van der Waals surface area contributed by atoms with Crippen molar-refractivity contribution >= 4 is 0 Å². The molecule has 2 heteroatoms. The number of benzene rings is 1. The summed E-state index contributed by atoms with van der Waals surface area (Å²) in [4.78, 5) is 0. The fourth-order valence-electron chi connectivity index (χ4n) is 1.62. The summed E-state index contributed by atoms with van der Waals surface area (Å²) in [7, 11) is 0. The van der Waals surface area contributed by atoms with Gasteiger partial charge in [0.05, 0.1) is 24.8 Å². The number of nitrogens with zero attached hydrogens (tertiary/aromatic N) is 1. The average Bonchev–Trinajstić information content (AvgIpc) is 2.05. The van der Waals surface area contributed by atoms with E-state index < -0.39 is 0 Å². The van der Waals surface area contributed by atoms with E-state index in [0.717, 1.165) is 18.8 Å². The van der Waals surface area contributed by atoms with Gasteiger partial charge in [0.15, 0.2) is 0 Å². The maximum absolute atomic E-state index is 8.69. The highest BCUT2D eigenvalue weighted by atomic mass is 16.5. The van der Waals surface area contributed by atoms with Crippen molar-refractivity contribution < 1.29 is 4.74 Å². The van der Waals surface area contributed by atoms with E-state index in [1.807, 2.05) is 18.2 Å². The summed E-state index contributed by atoms with van der Waals surface area (Å²) in [5, 5.41) is 8.69. The zero-order valence-electron chi connectivity index (χ0n) is 7.58. The van der Waals surface area contributed by atoms with Gasteiger partial charge >= 0.3 is 0 Å². The molecule has 1 fully saturated rings. The lowest BCUT2D eigenvalue weighted by Gasteiger charge is -2.27. The quantitative estimate of drug-likeness (QED) is 0.650. The molecule has 0 spiro atoms. The summed E-state index contributed by atoms with van der Waals surface area (Å²) in [6.45, 7) is 3.70. The van der Waals surface area contributed by atoms with Gasteiger partial charge in [-0.2, -0.15) is 5.26 Å². The van der Waals surface area contributed by atoms with E-state index in [4.69, 9.17) is 10.00 Å². The van der Waals surface area contributed by atoms with Crippen molar-refractivity contribution in [1.29, 1.82) is 5.26 Å². The van der Waals surface area contributed by atoms with Crippen molar-refractivity contribution in [2.75, 3.05) is 13.2 Å². The van der Waals surface area contributed by atoms with Crippen LogP contribution in [0.5, 0.6) is 0 Å². The van der Waals surface area contributed by atoms with Crippen LogP contribution in [0.25, 0.3) is 0 Å². The summed E-state index contributed by atoms with van der Waals surface area (Å²) in [5.41, 5.74) is 3.26. The van der Waals surface area contributed by atoms with Crippen LogP contribution < -0.4 is 0 Å². The second-order valence-corrected chi connectivity index (χ2v) is 3.42. The highest BCUT2D eigenvalue weighted by Crippen LogP contribution is 2.26. The molecule has 0 saturated carbocycles. The van der Waals surface area contributed by atoms with E-state index in [1.54, 1.807) is 0 Å². The van der Waals surface area contributed by atoms with Gasteiger partial charge in [0.1, 0.15) is 0 Å².